The topological polar surface area (TPSA) is 70.0 Å². The summed E-state index contributed by atoms with van der Waals surface area (Å²) in [6, 6.07) is 2.18. The van der Waals surface area contributed by atoms with E-state index in [1.807, 2.05) is 0 Å². The summed E-state index contributed by atoms with van der Waals surface area (Å²) in [6.07, 6.45) is 2.77. The lowest BCUT2D eigenvalue weighted by atomic mass is 10.0. The molecule has 0 aromatic rings. The number of nitrogens with one attached hydrogen (secondary N) is 1. The van der Waals surface area contributed by atoms with Gasteiger partial charge >= 0.3 is 0 Å². The molecule has 0 unspecified atom stereocenters. The first-order valence-corrected chi connectivity index (χ1v) is 7.14. The highest BCUT2D eigenvalue weighted by Gasteiger charge is 2.41. The average molecular weight is 230 g/mol. The van der Waals surface area contributed by atoms with Crippen LogP contribution < -0.4 is 5.32 Å². The Kier molecular flexibility index (Phi) is 4.12. The third kappa shape index (κ3) is 4.18. The summed E-state index contributed by atoms with van der Waals surface area (Å²) >= 11 is 0. The minimum Gasteiger partial charge on any atom is -0.315 e. The minimum absolute atomic E-state index is 0.157. The van der Waals surface area contributed by atoms with E-state index in [1.54, 1.807) is 6.92 Å². The van der Waals surface area contributed by atoms with Crippen LogP contribution in [0.1, 0.15) is 26.2 Å². The van der Waals surface area contributed by atoms with Crippen molar-refractivity contribution in [1.82, 2.24) is 5.32 Å². The van der Waals surface area contributed by atoms with Gasteiger partial charge in [-0.15, -0.1) is 0 Å². The van der Waals surface area contributed by atoms with Gasteiger partial charge in [-0.1, -0.05) is 6.92 Å². The Morgan fingerprint density at radius 2 is 2.13 bits per heavy atom. The Morgan fingerprint density at radius 1 is 1.47 bits per heavy atom. The first kappa shape index (κ1) is 12.5. The third-order valence-electron chi connectivity index (χ3n) is 2.94. The van der Waals surface area contributed by atoms with Crippen molar-refractivity contribution < 1.29 is 8.42 Å². The maximum Gasteiger partial charge on any atom is 0.151 e. The van der Waals surface area contributed by atoms with Gasteiger partial charge in [0.1, 0.15) is 0 Å². The molecule has 0 radical (unpaired) electrons. The largest absolute Gasteiger partial charge is 0.315 e. The Bertz CT molecular complexity index is 339. The highest BCUT2D eigenvalue weighted by atomic mass is 32.2. The van der Waals surface area contributed by atoms with Gasteiger partial charge in [0.15, 0.2) is 9.84 Å². The maximum atomic E-state index is 11.2. The van der Waals surface area contributed by atoms with E-state index in [0.717, 1.165) is 19.4 Å². The molecule has 0 bridgehead atoms. The van der Waals surface area contributed by atoms with Gasteiger partial charge in [-0.05, 0) is 18.3 Å². The number of nitriles is 1. The molecule has 1 aliphatic carbocycles. The lowest BCUT2D eigenvalue weighted by Gasteiger charge is -2.11. The summed E-state index contributed by atoms with van der Waals surface area (Å²) in [4.78, 5) is 0. The number of hydrogen-bond acceptors (Lipinski definition) is 4. The molecule has 0 heterocycles. The minimum atomic E-state index is -2.86. The Labute approximate surface area is 91.6 Å². The molecule has 86 valence electrons. The molecular formula is C10H18N2O2S. The van der Waals surface area contributed by atoms with Gasteiger partial charge in [0, 0.05) is 25.3 Å². The first-order valence-electron chi connectivity index (χ1n) is 5.32. The summed E-state index contributed by atoms with van der Waals surface area (Å²) in [5.41, 5.74) is 0.157. The van der Waals surface area contributed by atoms with E-state index >= 15 is 0 Å². The van der Waals surface area contributed by atoms with Crippen molar-refractivity contribution in [2.75, 3.05) is 24.6 Å². The molecule has 0 spiro atoms. The van der Waals surface area contributed by atoms with Crippen molar-refractivity contribution in [2.45, 2.75) is 26.2 Å². The number of nitrogens with zero attached hydrogens (tertiary/aromatic N) is 1. The average Bonchev–Trinajstić information content (AvgIpc) is 2.94. The fourth-order valence-corrected chi connectivity index (χ4v) is 2.23. The lowest BCUT2D eigenvalue weighted by Crippen LogP contribution is -2.29. The lowest BCUT2D eigenvalue weighted by molar-refractivity contribution is 0.474. The summed E-state index contributed by atoms with van der Waals surface area (Å²) in [6.45, 7) is 2.94. The van der Waals surface area contributed by atoms with Gasteiger partial charge in [-0.25, -0.2) is 8.42 Å². The fraction of sp³-hybridized carbons (Fsp3) is 0.900. The van der Waals surface area contributed by atoms with Gasteiger partial charge in [0.25, 0.3) is 0 Å². The highest BCUT2D eigenvalue weighted by molar-refractivity contribution is 7.91. The molecule has 0 aromatic carbocycles. The number of hydrogen-bond donors (Lipinski definition) is 1. The van der Waals surface area contributed by atoms with Crippen molar-refractivity contribution in [3.8, 4) is 6.07 Å². The van der Waals surface area contributed by atoms with Crippen LogP contribution in [0, 0.1) is 16.7 Å². The van der Waals surface area contributed by atoms with Crippen LogP contribution in [0.5, 0.6) is 0 Å². The molecule has 0 aliphatic heterocycles. The molecule has 0 amide bonds. The predicted molar refractivity (Wildman–Crippen MR) is 59.1 cm³/mol. The molecule has 0 saturated heterocycles. The second-order valence-electron chi connectivity index (χ2n) is 4.25. The molecule has 0 atom stereocenters. The highest BCUT2D eigenvalue weighted by Crippen LogP contribution is 2.47. The monoisotopic (exact) mass is 230 g/mol. The van der Waals surface area contributed by atoms with E-state index in [2.05, 4.69) is 11.4 Å². The van der Waals surface area contributed by atoms with Crippen molar-refractivity contribution in [2.24, 2.45) is 5.41 Å². The zero-order valence-corrected chi connectivity index (χ0v) is 9.94. The van der Waals surface area contributed by atoms with E-state index in [-0.39, 0.29) is 16.9 Å². The zero-order valence-electron chi connectivity index (χ0n) is 9.12. The van der Waals surface area contributed by atoms with Gasteiger partial charge < -0.3 is 5.32 Å². The molecule has 1 aliphatic rings. The van der Waals surface area contributed by atoms with Crippen LogP contribution in [-0.2, 0) is 9.84 Å². The molecule has 1 saturated carbocycles. The quantitative estimate of drug-likeness (QED) is 0.654. The Morgan fingerprint density at radius 3 is 2.60 bits per heavy atom. The van der Waals surface area contributed by atoms with Crippen LogP contribution in [0.3, 0.4) is 0 Å². The summed E-state index contributed by atoms with van der Waals surface area (Å²) < 4.78 is 22.3. The van der Waals surface area contributed by atoms with Crippen LogP contribution in [0.15, 0.2) is 0 Å². The zero-order chi connectivity index (χ0) is 11.4. The van der Waals surface area contributed by atoms with Crippen LogP contribution in [0.4, 0.5) is 0 Å². The van der Waals surface area contributed by atoms with Crippen LogP contribution in [0.2, 0.25) is 0 Å². The Hall–Kier alpha value is -0.600. The summed E-state index contributed by atoms with van der Waals surface area (Å²) in [5, 5.41) is 11.7. The van der Waals surface area contributed by atoms with Crippen molar-refractivity contribution >= 4 is 9.84 Å². The van der Waals surface area contributed by atoms with Crippen LogP contribution in [-0.4, -0.2) is 33.0 Å². The van der Waals surface area contributed by atoms with Crippen LogP contribution in [0.25, 0.3) is 0 Å². The smallest absolute Gasteiger partial charge is 0.151 e. The van der Waals surface area contributed by atoms with Crippen molar-refractivity contribution in [3.05, 3.63) is 0 Å². The molecule has 15 heavy (non-hydrogen) atoms. The normalized spacial score (nSPS) is 18.4. The summed E-state index contributed by atoms with van der Waals surface area (Å²) in [7, 11) is -2.86. The third-order valence-corrected chi connectivity index (χ3v) is 4.65. The SMILES string of the molecule is CCS(=O)(=O)CCNCC1(CC#N)CC1. The number of sulfone groups is 1. The second-order valence-corrected chi connectivity index (χ2v) is 6.72. The number of rotatable bonds is 7. The van der Waals surface area contributed by atoms with Gasteiger partial charge in [0.05, 0.1) is 11.8 Å². The van der Waals surface area contributed by atoms with E-state index in [0.29, 0.717) is 13.0 Å². The van der Waals surface area contributed by atoms with Gasteiger partial charge in [-0.2, -0.15) is 5.26 Å². The van der Waals surface area contributed by atoms with E-state index in [4.69, 9.17) is 5.26 Å². The molecule has 5 heteroatoms. The van der Waals surface area contributed by atoms with E-state index < -0.39 is 9.84 Å². The predicted octanol–water partition coefficient (Wildman–Crippen LogP) is 0.705. The van der Waals surface area contributed by atoms with Gasteiger partial charge in [0.2, 0.25) is 0 Å². The fourth-order valence-electron chi connectivity index (χ4n) is 1.49. The molecular weight excluding hydrogens is 212 g/mol. The second kappa shape index (κ2) is 4.95. The molecule has 1 N–H and O–H groups in total. The summed E-state index contributed by atoms with van der Waals surface area (Å²) in [5.74, 6) is 0.407. The molecule has 1 rings (SSSR count). The first-order chi connectivity index (χ1) is 7.04. The maximum absolute atomic E-state index is 11.2. The molecule has 4 nitrogen and oxygen atoms in total. The van der Waals surface area contributed by atoms with Gasteiger partial charge in [-0.3, -0.25) is 0 Å². The Balaban J connectivity index is 2.15. The van der Waals surface area contributed by atoms with E-state index in [9.17, 15) is 8.42 Å². The van der Waals surface area contributed by atoms with E-state index in [1.165, 1.54) is 0 Å². The van der Waals surface area contributed by atoms with Crippen LogP contribution >= 0.6 is 0 Å². The van der Waals surface area contributed by atoms with Crippen molar-refractivity contribution in [1.29, 1.82) is 5.26 Å². The van der Waals surface area contributed by atoms with Crippen molar-refractivity contribution in [3.63, 3.8) is 0 Å². The molecule has 0 aromatic heterocycles. The molecule has 1 fully saturated rings. The standard InChI is InChI=1S/C10H18N2O2S/c1-2-15(13,14)8-7-12-9-10(3-4-10)5-6-11/h12H,2-5,7-9H2,1H3.